The number of carbonyl (C=O) groups excluding carboxylic acids is 1. The van der Waals surface area contributed by atoms with Gasteiger partial charge in [0.25, 0.3) is 5.56 Å². The Bertz CT molecular complexity index is 937. The number of nitrogens with one attached hydrogen (secondary N) is 2. The van der Waals surface area contributed by atoms with Crippen LogP contribution in [0, 0.1) is 0 Å². The molecule has 1 aliphatic carbocycles. The number of carboxylic acids is 1. The molecule has 1 aromatic heterocycles. The number of fused-ring (bicyclic) bond motifs is 1. The van der Waals surface area contributed by atoms with Crippen LogP contribution >= 0.6 is 0 Å². The first kappa shape index (κ1) is 16.9. The van der Waals surface area contributed by atoms with E-state index in [1.807, 2.05) is 0 Å². The topological polar surface area (TPSA) is 121 Å². The number of nitrogens with zero attached hydrogens (tertiary/aromatic N) is 1. The van der Waals surface area contributed by atoms with Crippen LogP contribution in [0.5, 0.6) is 0 Å². The SMILES string of the molecule is O=C(Cn1c(=O)[nH]c2ccccc2c1=O)NC1(C(=O)O)CCCCC1. The maximum atomic E-state index is 12.4. The number of hydrogen-bond acceptors (Lipinski definition) is 4. The summed E-state index contributed by atoms with van der Waals surface area (Å²) in [7, 11) is 0. The van der Waals surface area contributed by atoms with Crippen LogP contribution in [0.4, 0.5) is 0 Å². The number of rotatable bonds is 4. The van der Waals surface area contributed by atoms with Crippen molar-refractivity contribution in [2.24, 2.45) is 0 Å². The second-order valence-electron chi connectivity index (χ2n) is 6.36. The third-order valence-electron chi connectivity index (χ3n) is 4.69. The van der Waals surface area contributed by atoms with Crippen LogP contribution in [0.2, 0.25) is 0 Å². The normalized spacial score (nSPS) is 16.5. The molecule has 0 saturated heterocycles. The van der Waals surface area contributed by atoms with E-state index in [9.17, 15) is 24.3 Å². The Kier molecular flexibility index (Phi) is 4.43. The summed E-state index contributed by atoms with van der Waals surface area (Å²) in [6, 6.07) is 6.51. The first-order chi connectivity index (χ1) is 11.9. The molecule has 8 heteroatoms. The fourth-order valence-electron chi connectivity index (χ4n) is 3.34. The summed E-state index contributed by atoms with van der Waals surface area (Å²) in [6.07, 6.45) is 3.04. The number of aromatic amines is 1. The van der Waals surface area contributed by atoms with E-state index in [1.165, 1.54) is 0 Å². The Labute approximate surface area is 142 Å². The number of aromatic nitrogens is 2. The molecule has 1 fully saturated rings. The van der Waals surface area contributed by atoms with Gasteiger partial charge in [-0.2, -0.15) is 0 Å². The van der Waals surface area contributed by atoms with Gasteiger partial charge in [-0.25, -0.2) is 9.59 Å². The number of carbonyl (C=O) groups is 2. The summed E-state index contributed by atoms with van der Waals surface area (Å²) in [6.45, 7) is -0.520. The van der Waals surface area contributed by atoms with Gasteiger partial charge in [-0.3, -0.25) is 14.2 Å². The Morgan fingerprint density at radius 2 is 1.84 bits per heavy atom. The summed E-state index contributed by atoms with van der Waals surface area (Å²) in [5.74, 6) is -1.74. The summed E-state index contributed by atoms with van der Waals surface area (Å²) in [4.78, 5) is 51.1. The van der Waals surface area contributed by atoms with Crippen molar-refractivity contribution < 1.29 is 14.7 Å². The van der Waals surface area contributed by atoms with Gasteiger partial charge in [-0.15, -0.1) is 0 Å². The second-order valence-corrected chi connectivity index (χ2v) is 6.36. The van der Waals surface area contributed by atoms with E-state index in [0.717, 1.165) is 11.0 Å². The molecular weight excluding hydrogens is 326 g/mol. The van der Waals surface area contributed by atoms with Gasteiger partial charge < -0.3 is 15.4 Å². The van der Waals surface area contributed by atoms with E-state index in [0.29, 0.717) is 36.6 Å². The number of hydrogen-bond donors (Lipinski definition) is 3. The van der Waals surface area contributed by atoms with Crippen molar-refractivity contribution in [3.63, 3.8) is 0 Å². The minimum Gasteiger partial charge on any atom is -0.480 e. The highest BCUT2D eigenvalue weighted by molar-refractivity contribution is 5.87. The molecule has 3 N–H and O–H groups in total. The van der Waals surface area contributed by atoms with E-state index in [-0.39, 0.29) is 0 Å². The molecule has 132 valence electrons. The summed E-state index contributed by atoms with van der Waals surface area (Å²) >= 11 is 0. The molecule has 3 rings (SSSR count). The lowest BCUT2D eigenvalue weighted by Gasteiger charge is -2.33. The van der Waals surface area contributed by atoms with Crippen molar-refractivity contribution in [3.05, 3.63) is 45.1 Å². The van der Waals surface area contributed by atoms with Crippen LogP contribution < -0.4 is 16.6 Å². The molecular formula is C17H19N3O5. The fourth-order valence-corrected chi connectivity index (χ4v) is 3.34. The van der Waals surface area contributed by atoms with Crippen molar-refractivity contribution in [1.29, 1.82) is 0 Å². The van der Waals surface area contributed by atoms with Gasteiger partial charge in [-0.05, 0) is 25.0 Å². The van der Waals surface area contributed by atoms with Crippen LogP contribution in [0.25, 0.3) is 10.9 Å². The fraction of sp³-hybridized carbons (Fsp3) is 0.412. The number of para-hydroxylation sites is 1. The summed E-state index contributed by atoms with van der Waals surface area (Å²) < 4.78 is 0.788. The maximum absolute atomic E-state index is 12.4. The van der Waals surface area contributed by atoms with Crippen molar-refractivity contribution >= 4 is 22.8 Å². The van der Waals surface area contributed by atoms with Crippen LogP contribution in [-0.4, -0.2) is 32.1 Å². The summed E-state index contributed by atoms with van der Waals surface area (Å²) in [5, 5.41) is 12.3. The average Bonchev–Trinajstić information content (AvgIpc) is 2.59. The standard InChI is InChI=1S/C17H19N3O5/c21-13(19-17(15(23)24)8-4-1-5-9-17)10-20-14(22)11-6-2-3-7-12(11)18-16(20)25/h2-3,6-7H,1,4-5,8-10H2,(H,18,25)(H,19,21)(H,23,24). The van der Waals surface area contributed by atoms with Gasteiger partial charge in [0.1, 0.15) is 12.1 Å². The highest BCUT2D eigenvalue weighted by Gasteiger charge is 2.40. The average molecular weight is 345 g/mol. The molecule has 8 nitrogen and oxygen atoms in total. The van der Waals surface area contributed by atoms with Crippen molar-refractivity contribution in [1.82, 2.24) is 14.9 Å². The third-order valence-corrected chi connectivity index (χ3v) is 4.69. The number of aliphatic carboxylic acids is 1. The van der Waals surface area contributed by atoms with Gasteiger partial charge in [0.05, 0.1) is 10.9 Å². The van der Waals surface area contributed by atoms with Crippen molar-refractivity contribution in [3.8, 4) is 0 Å². The van der Waals surface area contributed by atoms with E-state index in [2.05, 4.69) is 10.3 Å². The lowest BCUT2D eigenvalue weighted by molar-refractivity contribution is -0.149. The highest BCUT2D eigenvalue weighted by Crippen LogP contribution is 2.28. The maximum Gasteiger partial charge on any atom is 0.329 e. The van der Waals surface area contributed by atoms with Gasteiger partial charge >= 0.3 is 11.7 Å². The Morgan fingerprint density at radius 3 is 2.52 bits per heavy atom. The lowest BCUT2D eigenvalue weighted by atomic mass is 9.81. The van der Waals surface area contributed by atoms with Crippen LogP contribution in [0.1, 0.15) is 32.1 Å². The van der Waals surface area contributed by atoms with Crippen molar-refractivity contribution in [2.75, 3.05) is 0 Å². The monoisotopic (exact) mass is 345 g/mol. The van der Waals surface area contributed by atoms with Gasteiger partial charge in [0.2, 0.25) is 5.91 Å². The largest absolute Gasteiger partial charge is 0.480 e. The number of H-pyrrole nitrogens is 1. The minimum atomic E-state index is -1.32. The highest BCUT2D eigenvalue weighted by atomic mass is 16.4. The molecule has 1 aliphatic rings. The van der Waals surface area contributed by atoms with Crippen LogP contribution in [0.3, 0.4) is 0 Å². The lowest BCUT2D eigenvalue weighted by Crippen LogP contribution is -2.57. The van der Waals surface area contributed by atoms with Gasteiger partial charge in [-0.1, -0.05) is 31.4 Å². The molecule has 0 radical (unpaired) electrons. The molecule has 0 bridgehead atoms. The van der Waals surface area contributed by atoms with E-state index >= 15 is 0 Å². The zero-order valence-electron chi connectivity index (χ0n) is 13.6. The summed E-state index contributed by atoms with van der Waals surface area (Å²) in [5.41, 5.74) is -2.21. The molecule has 1 aromatic carbocycles. The van der Waals surface area contributed by atoms with Gasteiger partial charge in [0.15, 0.2) is 0 Å². The number of amides is 1. The Balaban J connectivity index is 1.88. The Hall–Kier alpha value is -2.90. The molecule has 25 heavy (non-hydrogen) atoms. The van der Waals surface area contributed by atoms with Gasteiger partial charge in [0, 0.05) is 0 Å². The van der Waals surface area contributed by atoms with Crippen LogP contribution in [0.15, 0.2) is 33.9 Å². The molecule has 1 saturated carbocycles. The number of carboxylic acid groups (broad SMARTS) is 1. The molecule has 1 heterocycles. The predicted molar refractivity (Wildman–Crippen MR) is 90.4 cm³/mol. The first-order valence-electron chi connectivity index (χ1n) is 8.19. The second kappa shape index (κ2) is 6.54. The minimum absolute atomic E-state index is 0.292. The number of benzene rings is 1. The smallest absolute Gasteiger partial charge is 0.329 e. The molecule has 0 aliphatic heterocycles. The third kappa shape index (κ3) is 3.19. The Morgan fingerprint density at radius 1 is 1.16 bits per heavy atom. The zero-order chi connectivity index (χ0) is 18.0. The van der Waals surface area contributed by atoms with Crippen molar-refractivity contribution in [2.45, 2.75) is 44.2 Å². The molecule has 0 spiro atoms. The van der Waals surface area contributed by atoms with E-state index < -0.39 is 35.2 Å². The quantitative estimate of drug-likeness (QED) is 0.749. The molecule has 2 aromatic rings. The molecule has 0 unspecified atom stereocenters. The van der Waals surface area contributed by atoms with E-state index in [1.54, 1.807) is 24.3 Å². The first-order valence-corrected chi connectivity index (χ1v) is 8.19. The molecule has 1 amide bonds. The van der Waals surface area contributed by atoms with E-state index in [4.69, 9.17) is 0 Å². The molecule has 0 atom stereocenters. The van der Waals surface area contributed by atoms with Crippen LogP contribution in [-0.2, 0) is 16.1 Å². The predicted octanol–water partition coefficient (Wildman–Crippen LogP) is 0.593. The zero-order valence-corrected chi connectivity index (χ0v) is 13.6.